The number of aromatic nitrogens is 2. The molecule has 0 unspecified atom stereocenters. The van der Waals surface area contributed by atoms with Crippen molar-refractivity contribution in [3.63, 3.8) is 0 Å². The van der Waals surface area contributed by atoms with E-state index in [2.05, 4.69) is 20.1 Å². The highest BCUT2D eigenvalue weighted by atomic mass is 35.5. The fourth-order valence-electron chi connectivity index (χ4n) is 4.32. The molecular formula is C24H24ClN5O3S. The molecule has 4 heterocycles. The summed E-state index contributed by atoms with van der Waals surface area (Å²) in [6.45, 7) is 4.68. The van der Waals surface area contributed by atoms with E-state index >= 15 is 0 Å². The van der Waals surface area contributed by atoms with Crippen LogP contribution in [0.25, 0.3) is 10.8 Å². The fourth-order valence-corrected chi connectivity index (χ4v) is 5.26. The maximum Gasteiger partial charge on any atom is 0.265 e. The summed E-state index contributed by atoms with van der Waals surface area (Å²) < 4.78 is 2.02. The standard InChI is InChI=1S/C24H24ClN5O3S/c25-20-5-4-19(34-20)22(31)27-18-3-1-2-17-21(18)24(33)30(23(17)32)15-12-28-10-13-29(14-11-28)16-6-8-26-9-7-16/h1-9,32-33H,10-15H2,(H,27,31). The van der Waals surface area contributed by atoms with Crippen LogP contribution in [0.1, 0.15) is 9.67 Å². The van der Waals surface area contributed by atoms with Crippen molar-refractivity contribution in [1.29, 1.82) is 0 Å². The summed E-state index contributed by atoms with van der Waals surface area (Å²) in [4.78, 5) is 21.8. The number of halogens is 1. The molecule has 0 atom stereocenters. The van der Waals surface area contributed by atoms with E-state index in [1.54, 1.807) is 42.7 Å². The van der Waals surface area contributed by atoms with Crippen LogP contribution in [0, 0.1) is 0 Å². The van der Waals surface area contributed by atoms with Crippen molar-refractivity contribution in [2.75, 3.05) is 42.9 Å². The van der Waals surface area contributed by atoms with Gasteiger partial charge >= 0.3 is 0 Å². The number of carbonyl (C=O) groups is 1. The minimum atomic E-state index is -0.317. The molecule has 0 saturated carbocycles. The third kappa shape index (κ3) is 4.42. The first-order valence-corrected chi connectivity index (χ1v) is 12.2. The van der Waals surface area contributed by atoms with E-state index in [1.165, 1.54) is 21.6 Å². The van der Waals surface area contributed by atoms with E-state index in [1.807, 2.05) is 12.1 Å². The van der Waals surface area contributed by atoms with Gasteiger partial charge in [-0.15, -0.1) is 11.3 Å². The number of rotatable bonds is 6. The van der Waals surface area contributed by atoms with Gasteiger partial charge in [-0.05, 0) is 36.4 Å². The number of piperazine rings is 1. The van der Waals surface area contributed by atoms with Crippen LogP contribution in [0.15, 0.2) is 54.9 Å². The van der Waals surface area contributed by atoms with Crippen molar-refractivity contribution in [2.45, 2.75) is 6.54 Å². The van der Waals surface area contributed by atoms with Crippen molar-refractivity contribution >= 4 is 51.0 Å². The number of hydrogen-bond donors (Lipinski definition) is 3. The van der Waals surface area contributed by atoms with Crippen LogP contribution in [0.2, 0.25) is 4.34 Å². The Morgan fingerprint density at radius 1 is 1.00 bits per heavy atom. The highest BCUT2D eigenvalue weighted by Gasteiger charge is 2.22. The molecule has 1 amide bonds. The summed E-state index contributed by atoms with van der Waals surface area (Å²) in [6, 6.07) is 12.5. The Morgan fingerprint density at radius 2 is 1.76 bits per heavy atom. The summed E-state index contributed by atoms with van der Waals surface area (Å²) in [5.74, 6) is -0.399. The van der Waals surface area contributed by atoms with Gasteiger partial charge in [0.05, 0.1) is 20.3 Å². The number of nitrogens with one attached hydrogen (secondary N) is 1. The van der Waals surface area contributed by atoms with Gasteiger partial charge in [-0.1, -0.05) is 17.7 Å². The Morgan fingerprint density at radius 3 is 2.47 bits per heavy atom. The zero-order chi connectivity index (χ0) is 23.7. The van der Waals surface area contributed by atoms with Crippen LogP contribution in [0.4, 0.5) is 11.4 Å². The molecule has 1 aliphatic rings. The van der Waals surface area contributed by atoms with Gasteiger partial charge in [-0.3, -0.25) is 19.2 Å². The minimum Gasteiger partial charge on any atom is -0.494 e. The second kappa shape index (κ2) is 9.54. The number of nitrogens with zero attached hydrogens (tertiary/aromatic N) is 4. The highest BCUT2D eigenvalue weighted by molar-refractivity contribution is 7.18. The second-order valence-electron chi connectivity index (χ2n) is 8.12. The molecule has 1 fully saturated rings. The van der Waals surface area contributed by atoms with Gasteiger partial charge in [-0.25, -0.2) is 0 Å². The molecule has 0 spiro atoms. The van der Waals surface area contributed by atoms with Crippen molar-refractivity contribution in [1.82, 2.24) is 14.5 Å². The average molecular weight is 498 g/mol. The number of aromatic hydroxyl groups is 2. The molecule has 1 aromatic carbocycles. The zero-order valence-corrected chi connectivity index (χ0v) is 19.9. The Bertz CT molecular complexity index is 1320. The summed E-state index contributed by atoms with van der Waals surface area (Å²) in [5, 5.41) is 25.5. The molecule has 1 saturated heterocycles. The predicted octanol–water partition coefficient (Wildman–Crippen LogP) is 4.24. The van der Waals surface area contributed by atoms with Gasteiger partial charge in [-0.2, -0.15) is 0 Å². The van der Waals surface area contributed by atoms with Gasteiger partial charge < -0.3 is 20.4 Å². The third-order valence-electron chi connectivity index (χ3n) is 6.13. The average Bonchev–Trinajstić information content (AvgIpc) is 3.40. The topological polar surface area (TPSA) is 93.9 Å². The molecule has 8 nitrogen and oxygen atoms in total. The molecular weight excluding hydrogens is 474 g/mol. The smallest absolute Gasteiger partial charge is 0.265 e. The van der Waals surface area contributed by atoms with Crippen LogP contribution in [0.3, 0.4) is 0 Å². The summed E-state index contributed by atoms with van der Waals surface area (Å²) in [7, 11) is 0. The van der Waals surface area contributed by atoms with Crippen LogP contribution < -0.4 is 10.2 Å². The van der Waals surface area contributed by atoms with E-state index < -0.39 is 0 Å². The molecule has 176 valence electrons. The van der Waals surface area contributed by atoms with E-state index in [0.29, 0.717) is 38.8 Å². The first-order valence-electron chi connectivity index (χ1n) is 11.0. The van der Waals surface area contributed by atoms with Crippen molar-refractivity contribution < 1.29 is 15.0 Å². The van der Waals surface area contributed by atoms with Crippen LogP contribution in [0.5, 0.6) is 11.8 Å². The molecule has 0 aliphatic carbocycles. The zero-order valence-electron chi connectivity index (χ0n) is 18.3. The molecule has 1 aliphatic heterocycles. The lowest BCUT2D eigenvalue weighted by Gasteiger charge is -2.36. The van der Waals surface area contributed by atoms with E-state index in [0.717, 1.165) is 26.2 Å². The van der Waals surface area contributed by atoms with Crippen LogP contribution >= 0.6 is 22.9 Å². The minimum absolute atomic E-state index is 0.0156. The number of pyridine rings is 1. The van der Waals surface area contributed by atoms with Crippen LogP contribution in [-0.4, -0.2) is 63.3 Å². The van der Waals surface area contributed by atoms with E-state index in [4.69, 9.17) is 11.6 Å². The first-order chi connectivity index (χ1) is 16.5. The normalized spacial score (nSPS) is 14.6. The molecule has 3 aromatic heterocycles. The van der Waals surface area contributed by atoms with Crippen molar-refractivity contribution in [3.05, 3.63) is 64.1 Å². The largest absolute Gasteiger partial charge is 0.494 e. The van der Waals surface area contributed by atoms with Gasteiger partial charge in [0.2, 0.25) is 11.8 Å². The lowest BCUT2D eigenvalue weighted by Crippen LogP contribution is -2.47. The predicted molar refractivity (Wildman–Crippen MR) is 135 cm³/mol. The molecule has 0 radical (unpaired) electrons. The Labute approximate surface area is 205 Å². The number of amides is 1. The van der Waals surface area contributed by atoms with Gasteiger partial charge in [0.15, 0.2) is 0 Å². The second-order valence-corrected chi connectivity index (χ2v) is 9.83. The van der Waals surface area contributed by atoms with E-state index in [9.17, 15) is 15.0 Å². The number of benzene rings is 1. The maximum atomic E-state index is 12.6. The Balaban J connectivity index is 1.29. The number of hydrogen-bond acceptors (Lipinski definition) is 7. The van der Waals surface area contributed by atoms with Gasteiger partial charge in [0, 0.05) is 62.7 Å². The van der Waals surface area contributed by atoms with Gasteiger partial charge in [0.25, 0.3) is 5.91 Å². The van der Waals surface area contributed by atoms with Crippen LogP contribution in [-0.2, 0) is 6.54 Å². The monoisotopic (exact) mass is 497 g/mol. The lowest BCUT2D eigenvalue weighted by molar-refractivity contribution is 0.103. The maximum absolute atomic E-state index is 12.6. The SMILES string of the molecule is O=C(Nc1cccc2c(O)n(CCN3CCN(c4ccncc4)CC3)c(O)c12)c1ccc(Cl)s1. The number of anilines is 2. The van der Waals surface area contributed by atoms with Crippen molar-refractivity contribution in [2.24, 2.45) is 0 Å². The van der Waals surface area contributed by atoms with Gasteiger partial charge in [0.1, 0.15) is 0 Å². The molecule has 5 rings (SSSR count). The summed E-state index contributed by atoms with van der Waals surface area (Å²) in [5.41, 5.74) is 1.60. The lowest BCUT2D eigenvalue weighted by atomic mass is 10.2. The molecule has 10 heteroatoms. The van der Waals surface area contributed by atoms with E-state index in [-0.39, 0.29) is 17.7 Å². The Hall–Kier alpha value is -3.27. The van der Waals surface area contributed by atoms with Crippen molar-refractivity contribution in [3.8, 4) is 11.8 Å². The molecule has 34 heavy (non-hydrogen) atoms. The number of carbonyl (C=O) groups excluding carboxylic acids is 1. The third-order valence-corrected chi connectivity index (χ3v) is 7.36. The summed E-state index contributed by atoms with van der Waals surface area (Å²) in [6.07, 6.45) is 3.60. The Kier molecular flexibility index (Phi) is 6.32. The fraction of sp³-hybridized carbons (Fsp3) is 0.250. The summed E-state index contributed by atoms with van der Waals surface area (Å²) >= 11 is 7.12. The first kappa shape index (κ1) is 22.5. The molecule has 4 aromatic rings. The molecule has 0 bridgehead atoms. The molecule has 3 N–H and O–H groups in total. The number of fused-ring (bicyclic) bond motifs is 1. The quantitative estimate of drug-likeness (QED) is 0.369. The number of thiophene rings is 1. The highest BCUT2D eigenvalue weighted by Crippen LogP contribution is 2.40.